The Balaban J connectivity index is 1.53. The van der Waals surface area contributed by atoms with Crippen molar-refractivity contribution >= 4 is 46.8 Å². The smallest absolute Gasteiger partial charge is 0.253 e. The molecule has 4 atom stereocenters. The molecule has 0 saturated carbocycles. The number of carbonyl (C=O) groups excluding carboxylic acids is 2. The second-order valence-corrected chi connectivity index (χ2v) is 13.9. The normalized spacial score (nSPS) is 19.1. The number of hydrogen-bond donors (Lipinski definition) is 3. The number of nitrogens with one attached hydrogen (secondary N) is 2. The molecule has 0 bridgehead atoms. The van der Waals surface area contributed by atoms with Gasteiger partial charge in [-0.3, -0.25) is 19.5 Å². The van der Waals surface area contributed by atoms with Crippen LogP contribution < -0.4 is 10.6 Å². The van der Waals surface area contributed by atoms with Crippen molar-refractivity contribution in [3.05, 3.63) is 94.2 Å². The fourth-order valence-corrected chi connectivity index (χ4v) is 6.74. The molecule has 0 radical (unpaired) electrons. The highest BCUT2D eigenvalue weighted by molar-refractivity contribution is 8.00. The highest BCUT2D eigenvalue weighted by Gasteiger charge is 2.37. The van der Waals surface area contributed by atoms with Gasteiger partial charge in [-0.2, -0.15) is 0 Å². The van der Waals surface area contributed by atoms with Crippen LogP contribution in [-0.2, 0) is 11.2 Å². The van der Waals surface area contributed by atoms with Gasteiger partial charge in [-0.25, -0.2) is 0 Å². The van der Waals surface area contributed by atoms with Crippen LogP contribution in [0, 0.1) is 0 Å². The number of hydrogen-bond acceptors (Lipinski definition) is 6. The summed E-state index contributed by atoms with van der Waals surface area (Å²) in [6.45, 7) is 6.74. The number of piperidine rings is 1. The van der Waals surface area contributed by atoms with Crippen LogP contribution in [0.4, 0.5) is 0 Å². The minimum Gasteiger partial charge on any atom is -0.390 e. The number of aliphatic hydroxyl groups is 1. The van der Waals surface area contributed by atoms with E-state index >= 15 is 0 Å². The molecule has 42 heavy (non-hydrogen) atoms. The third kappa shape index (κ3) is 9.44. The molecule has 3 aromatic rings. The van der Waals surface area contributed by atoms with Crippen LogP contribution >= 0.6 is 35.0 Å². The molecule has 1 fully saturated rings. The van der Waals surface area contributed by atoms with Crippen LogP contribution in [0.1, 0.15) is 49.5 Å². The zero-order chi connectivity index (χ0) is 30.3. The van der Waals surface area contributed by atoms with Gasteiger partial charge in [0.1, 0.15) is 0 Å². The van der Waals surface area contributed by atoms with Gasteiger partial charge < -0.3 is 15.7 Å². The number of halogens is 2. The number of pyridine rings is 1. The van der Waals surface area contributed by atoms with Gasteiger partial charge in [-0.15, -0.1) is 11.8 Å². The van der Waals surface area contributed by atoms with Crippen molar-refractivity contribution in [2.75, 3.05) is 13.1 Å². The number of thioether (sulfide) groups is 1. The van der Waals surface area contributed by atoms with E-state index in [-0.39, 0.29) is 28.3 Å². The number of carbonyl (C=O) groups is 2. The van der Waals surface area contributed by atoms with Crippen molar-refractivity contribution in [1.82, 2.24) is 20.5 Å². The first kappa shape index (κ1) is 32.3. The number of benzene rings is 2. The molecular formula is C32H38Cl2N4O3S. The molecule has 2 aromatic carbocycles. The number of nitrogens with zero attached hydrogens (tertiary/aromatic N) is 2. The molecule has 0 spiro atoms. The molecule has 1 aliphatic heterocycles. The third-order valence-corrected chi connectivity index (χ3v) is 8.95. The van der Waals surface area contributed by atoms with E-state index in [1.807, 2.05) is 63.2 Å². The Bertz CT molecular complexity index is 1340. The molecule has 1 saturated heterocycles. The van der Waals surface area contributed by atoms with Crippen molar-refractivity contribution in [2.24, 2.45) is 0 Å². The summed E-state index contributed by atoms with van der Waals surface area (Å²) in [5, 5.41) is 18.7. The van der Waals surface area contributed by atoms with Crippen LogP contribution in [0.3, 0.4) is 0 Å². The van der Waals surface area contributed by atoms with E-state index in [0.29, 0.717) is 24.4 Å². The van der Waals surface area contributed by atoms with Crippen molar-refractivity contribution in [1.29, 1.82) is 0 Å². The number of aromatic nitrogens is 1. The molecule has 4 rings (SSSR count). The predicted molar refractivity (Wildman–Crippen MR) is 170 cm³/mol. The number of β-amino-alcohol motifs (C(OH)–C–C–N with tert-alkyl or cyclic N) is 1. The van der Waals surface area contributed by atoms with Gasteiger partial charge in [0, 0.05) is 46.2 Å². The highest BCUT2D eigenvalue weighted by atomic mass is 35.5. The summed E-state index contributed by atoms with van der Waals surface area (Å²) >= 11 is 14.1. The van der Waals surface area contributed by atoms with E-state index in [1.54, 1.807) is 36.3 Å². The van der Waals surface area contributed by atoms with E-state index in [4.69, 9.17) is 23.2 Å². The maximum Gasteiger partial charge on any atom is 0.253 e. The molecule has 7 nitrogen and oxygen atoms in total. The summed E-state index contributed by atoms with van der Waals surface area (Å²) in [5.74, 6) is -0.461. The van der Waals surface area contributed by atoms with Crippen LogP contribution in [0.5, 0.6) is 0 Å². The number of rotatable bonds is 10. The van der Waals surface area contributed by atoms with Gasteiger partial charge in [0.25, 0.3) is 5.91 Å². The largest absolute Gasteiger partial charge is 0.390 e. The van der Waals surface area contributed by atoms with E-state index in [9.17, 15) is 14.7 Å². The molecule has 10 heteroatoms. The average molecular weight is 630 g/mol. The molecule has 1 aliphatic rings. The molecule has 3 N–H and O–H groups in total. The average Bonchev–Trinajstić information content (AvgIpc) is 2.93. The molecule has 0 aliphatic carbocycles. The first-order valence-corrected chi connectivity index (χ1v) is 15.7. The van der Waals surface area contributed by atoms with E-state index in [1.165, 1.54) is 6.07 Å². The molecular weight excluding hydrogens is 591 g/mol. The van der Waals surface area contributed by atoms with E-state index in [0.717, 1.165) is 16.9 Å². The van der Waals surface area contributed by atoms with E-state index < -0.39 is 29.6 Å². The predicted octanol–water partition coefficient (Wildman–Crippen LogP) is 5.63. The number of aliphatic hydroxyl groups excluding tert-OH is 1. The van der Waals surface area contributed by atoms with Gasteiger partial charge in [-0.05, 0) is 75.9 Å². The first-order valence-electron chi connectivity index (χ1n) is 14.1. The van der Waals surface area contributed by atoms with Crippen molar-refractivity contribution in [3.63, 3.8) is 0 Å². The molecule has 2 amide bonds. The quantitative estimate of drug-likeness (QED) is 0.269. The van der Waals surface area contributed by atoms with Gasteiger partial charge in [0.15, 0.2) is 0 Å². The standard InChI is InChI=1S/C32H38Cl2N4O3S/c1-32(2,3)37-31(41)28-19-24(42-23-11-14-35-15-12-23)13-16-38(28)20-29(39)27(17-21-7-5-4-6-8-21)36-30(40)25-10-9-22(33)18-26(25)34/h4-12,14-15,18,24,27-29,39H,13,16-17,19-20H2,1-3H3,(H,36,40)(H,37,41)/t24-,27+,28+,29-/m1/s1. The Morgan fingerprint density at radius 1 is 1.10 bits per heavy atom. The van der Waals surface area contributed by atoms with Crippen LogP contribution in [-0.4, -0.2) is 68.9 Å². The highest BCUT2D eigenvalue weighted by Crippen LogP contribution is 2.33. The van der Waals surface area contributed by atoms with Crippen LogP contribution in [0.2, 0.25) is 10.0 Å². The van der Waals surface area contributed by atoms with Gasteiger partial charge in [0.05, 0.1) is 28.8 Å². The lowest BCUT2D eigenvalue weighted by molar-refractivity contribution is -0.129. The Kier molecular flexibility index (Phi) is 11.3. The first-order chi connectivity index (χ1) is 20.0. The Morgan fingerprint density at radius 3 is 2.48 bits per heavy atom. The second kappa shape index (κ2) is 14.7. The zero-order valence-electron chi connectivity index (χ0n) is 24.1. The van der Waals surface area contributed by atoms with Gasteiger partial charge >= 0.3 is 0 Å². The molecule has 224 valence electrons. The fourth-order valence-electron chi connectivity index (χ4n) is 5.08. The summed E-state index contributed by atoms with van der Waals surface area (Å²) in [7, 11) is 0. The zero-order valence-corrected chi connectivity index (χ0v) is 26.4. The summed E-state index contributed by atoms with van der Waals surface area (Å²) < 4.78 is 0. The minimum absolute atomic E-state index is 0.0636. The summed E-state index contributed by atoms with van der Waals surface area (Å²) in [4.78, 5) is 34.1. The lowest BCUT2D eigenvalue weighted by Gasteiger charge is -2.41. The topological polar surface area (TPSA) is 94.6 Å². The monoisotopic (exact) mass is 628 g/mol. The van der Waals surface area contributed by atoms with Crippen LogP contribution in [0.25, 0.3) is 0 Å². The van der Waals surface area contributed by atoms with Gasteiger partial charge in [0.2, 0.25) is 5.91 Å². The van der Waals surface area contributed by atoms with E-state index in [2.05, 4.69) is 20.5 Å². The Morgan fingerprint density at radius 2 is 1.81 bits per heavy atom. The van der Waals surface area contributed by atoms with Crippen molar-refractivity contribution in [2.45, 2.75) is 73.9 Å². The lowest BCUT2D eigenvalue weighted by atomic mass is 9.96. The third-order valence-electron chi connectivity index (χ3n) is 7.10. The van der Waals surface area contributed by atoms with Crippen molar-refractivity contribution in [3.8, 4) is 0 Å². The van der Waals surface area contributed by atoms with Gasteiger partial charge in [-0.1, -0.05) is 53.5 Å². The SMILES string of the molecule is CC(C)(C)NC(=O)[C@@H]1C[C@H](Sc2ccncc2)CCN1C[C@@H](O)[C@H](Cc1ccccc1)NC(=O)c1ccc(Cl)cc1Cl. The van der Waals surface area contributed by atoms with Crippen molar-refractivity contribution < 1.29 is 14.7 Å². The summed E-state index contributed by atoms with van der Waals surface area (Å²) in [6, 6.07) is 17.3. The maximum absolute atomic E-state index is 13.5. The fraction of sp³-hybridized carbons (Fsp3) is 0.406. The molecule has 0 unspecified atom stereocenters. The maximum atomic E-state index is 13.5. The molecule has 2 heterocycles. The lowest BCUT2D eigenvalue weighted by Crippen LogP contribution is -2.58. The summed E-state index contributed by atoms with van der Waals surface area (Å²) in [6.07, 6.45) is 4.50. The molecule has 1 aromatic heterocycles. The minimum atomic E-state index is -0.949. The number of likely N-dealkylation sites (tertiary alicyclic amines) is 1. The Hall–Kier alpha value is -2.62. The second-order valence-electron chi connectivity index (χ2n) is 11.7. The number of amides is 2. The Labute approximate surface area is 262 Å². The van der Waals surface area contributed by atoms with Crippen LogP contribution in [0.15, 0.2) is 78.0 Å². The summed E-state index contributed by atoms with van der Waals surface area (Å²) in [5.41, 5.74) is 0.857.